The Morgan fingerprint density at radius 1 is 1.41 bits per heavy atom. The van der Waals surface area contributed by atoms with Crippen molar-refractivity contribution in [3.8, 4) is 0 Å². The minimum Gasteiger partial charge on any atom is -0.478 e. The first kappa shape index (κ1) is 11.5. The minimum absolute atomic E-state index is 0.115. The van der Waals surface area contributed by atoms with Gasteiger partial charge in [-0.05, 0) is 30.0 Å². The van der Waals surface area contributed by atoms with Gasteiger partial charge in [0.15, 0.2) is 5.37 Å². The molecular formula is C10H8N2O4S. The van der Waals surface area contributed by atoms with Crippen LogP contribution < -0.4 is 10.6 Å². The highest BCUT2D eigenvalue weighted by Crippen LogP contribution is 2.22. The number of imide groups is 1. The van der Waals surface area contributed by atoms with Crippen molar-refractivity contribution in [3.63, 3.8) is 0 Å². The third kappa shape index (κ3) is 2.56. The van der Waals surface area contributed by atoms with E-state index >= 15 is 0 Å². The number of amides is 2. The smallest absolute Gasteiger partial charge is 0.335 e. The lowest BCUT2D eigenvalue weighted by molar-refractivity contribution is -0.118. The highest BCUT2D eigenvalue weighted by atomic mass is 32.2. The second kappa shape index (κ2) is 4.46. The maximum absolute atomic E-state index is 11.3. The molecule has 1 heterocycles. The van der Waals surface area contributed by atoms with E-state index in [1.54, 1.807) is 12.1 Å². The molecule has 0 spiro atoms. The highest BCUT2D eigenvalue weighted by Gasteiger charge is 2.31. The number of carbonyl (C=O) groups excluding carboxylic acids is 2. The fourth-order valence-electron chi connectivity index (χ4n) is 1.34. The molecule has 7 heteroatoms. The molecule has 88 valence electrons. The Kier molecular flexibility index (Phi) is 3.01. The third-order valence-corrected chi connectivity index (χ3v) is 2.98. The molecule has 0 radical (unpaired) electrons. The van der Waals surface area contributed by atoms with Crippen LogP contribution in [0.5, 0.6) is 0 Å². The van der Waals surface area contributed by atoms with Gasteiger partial charge < -0.3 is 10.4 Å². The van der Waals surface area contributed by atoms with E-state index in [0.717, 1.165) is 11.8 Å². The summed E-state index contributed by atoms with van der Waals surface area (Å²) >= 11 is 0.825. The lowest BCUT2D eigenvalue weighted by Gasteiger charge is -2.10. The Labute approximate surface area is 100 Å². The number of anilines is 1. The quantitative estimate of drug-likeness (QED) is 0.745. The molecule has 0 aromatic heterocycles. The number of hydrogen-bond acceptors (Lipinski definition) is 5. The second-order valence-electron chi connectivity index (χ2n) is 3.30. The number of aromatic carboxylic acids is 1. The monoisotopic (exact) mass is 252 g/mol. The van der Waals surface area contributed by atoms with Gasteiger partial charge in [0.2, 0.25) is 0 Å². The number of benzene rings is 1. The summed E-state index contributed by atoms with van der Waals surface area (Å²) in [4.78, 5) is 32.9. The molecule has 1 aromatic rings. The van der Waals surface area contributed by atoms with Gasteiger partial charge in [0, 0.05) is 5.69 Å². The standard InChI is InChI=1S/C10H8N2O4S/c13-7-8(17-10(16)12-7)11-6-3-1-2-5(4-6)9(14)15/h1-4,8,11H,(H,14,15)(H,12,13,16). The van der Waals surface area contributed by atoms with Crippen LogP contribution in [0.1, 0.15) is 10.4 Å². The molecule has 2 amide bonds. The maximum Gasteiger partial charge on any atom is 0.335 e. The fraction of sp³-hybridized carbons (Fsp3) is 0.100. The number of thioether (sulfide) groups is 1. The topological polar surface area (TPSA) is 95.5 Å². The molecule has 1 unspecified atom stereocenters. The maximum atomic E-state index is 11.3. The largest absolute Gasteiger partial charge is 0.478 e. The van der Waals surface area contributed by atoms with Gasteiger partial charge in [-0.1, -0.05) is 6.07 Å². The van der Waals surface area contributed by atoms with E-state index in [0.29, 0.717) is 5.69 Å². The fourth-order valence-corrected chi connectivity index (χ4v) is 2.08. The minimum atomic E-state index is -1.05. The van der Waals surface area contributed by atoms with Gasteiger partial charge in [0.25, 0.3) is 11.1 Å². The van der Waals surface area contributed by atoms with Gasteiger partial charge in [-0.25, -0.2) is 4.79 Å². The van der Waals surface area contributed by atoms with Crippen LogP contribution in [0, 0.1) is 0 Å². The van der Waals surface area contributed by atoms with E-state index < -0.39 is 22.5 Å². The van der Waals surface area contributed by atoms with Crippen molar-refractivity contribution in [2.45, 2.75) is 5.37 Å². The number of carbonyl (C=O) groups is 3. The summed E-state index contributed by atoms with van der Waals surface area (Å²) in [7, 11) is 0. The molecule has 1 aromatic carbocycles. The summed E-state index contributed by atoms with van der Waals surface area (Å²) in [5.74, 6) is -1.48. The Balaban J connectivity index is 2.13. The molecule has 1 saturated heterocycles. The van der Waals surface area contributed by atoms with Gasteiger partial charge in [0.1, 0.15) is 0 Å². The second-order valence-corrected chi connectivity index (χ2v) is 4.38. The van der Waals surface area contributed by atoms with Crippen molar-refractivity contribution >= 4 is 34.6 Å². The van der Waals surface area contributed by atoms with E-state index in [4.69, 9.17) is 5.11 Å². The Bertz CT molecular complexity index is 503. The molecule has 3 N–H and O–H groups in total. The zero-order valence-corrected chi connectivity index (χ0v) is 9.28. The molecule has 17 heavy (non-hydrogen) atoms. The molecular weight excluding hydrogens is 244 g/mol. The molecule has 1 atom stereocenters. The van der Waals surface area contributed by atoms with Crippen molar-refractivity contribution in [1.29, 1.82) is 0 Å². The summed E-state index contributed by atoms with van der Waals surface area (Å²) in [6.45, 7) is 0. The zero-order chi connectivity index (χ0) is 12.4. The normalized spacial score (nSPS) is 18.9. The van der Waals surface area contributed by atoms with Crippen molar-refractivity contribution in [2.75, 3.05) is 5.32 Å². The van der Waals surface area contributed by atoms with Crippen molar-refractivity contribution in [1.82, 2.24) is 5.32 Å². The first-order valence-electron chi connectivity index (χ1n) is 4.67. The Hall–Kier alpha value is -2.02. The molecule has 1 fully saturated rings. The number of carboxylic acid groups (broad SMARTS) is 1. The van der Waals surface area contributed by atoms with E-state index in [9.17, 15) is 14.4 Å². The number of hydrogen-bond donors (Lipinski definition) is 3. The average molecular weight is 252 g/mol. The van der Waals surface area contributed by atoms with E-state index in [2.05, 4.69) is 10.6 Å². The summed E-state index contributed by atoms with van der Waals surface area (Å²) in [6, 6.07) is 6.04. The first-order valence-corrected chi connectivity index (χ1v) is 5.55. The van der Waals surface area contributed by atoms with Crippen LogP contribution in [0.2, 0.25) is 0 Å². The molecule has 6 nitrogen and oxygen atoms in total. The summed E-state index contributed by atoms with van der Waals surface area (Å²) in [6.07, 6.45) is 0. The van der Waals surface area contributed by atoms with Crippen LogP contribution in [0.4, 0.5) is 10.5 Å². The molecule has 2 rings (SSSR count). The molecule has 0 bridgehead atoms. The third-order valence-electron chi connectivity index (χ3n) is 2.10. The zero-order valence-electron chi connectivity index (χ0n) is 8.47. The summed E-state index contributed by atoms with van der Waals surface area (Å²) in [5, 5.41) is 12.6. The molecule has 1 aliphatic rings. The van der Waals surface area contributed by atoms with Crippen LogP contribution in [0.25, 0.3) is 0 Å². The number of rotatable bonds is 3. The molecule has 1 aliphatic heterocycles. The lowest BCUT2D eigenvalue weighted by atomic mass is 10.2. The molecule has 0 saturated carbocycles. The van der Waals surface area contributed by atoms with Crippen molar-refractivity contribution in [3.05, 3.63) is 29.8 Å². The van der Waals surface area contributed by atoms with Gasteiger partial charge in [-0.2, -0.15) is 0 Å². The van der Waals surface area contributed by atoms with E-state index in [-0.39, 0.29) is 5.56 Å². The van der Waals surface area contributed by atoms with E-state index in [1.165, 1.54) is 12.1 Å². The number of nitrogens with one attached hydrogen (secondary N) is 2. The van der Waals surface area contributed by atoms with Crippen LogP contribution in [-0.4, -0.2) is 27.6 Å². The Morgan fingerprint density at radius 3 is 2.76 bits per heavy atom. The first-order chi connectivity index (χ1) is 8.06. The van der Waals surface area contributed by atoms with Gasteiger partial charge in [0.05, 0.1) is 5.56 Å². The van der Waals surface area contributed by atoms with Crippen LogP contribution >= 0.6 is 11.8 Å². The highest BCUT2D eigenvalue weighted by molar-refractivity contribution is 8.15. The van der Waals surface area contributed by atoms with Gasteiger partial charge in [-0.15, -0.1) is 0 Å². The summed E-state index contributed by atoms with van der Waals surface area (Å²) < 4.78 is 0. The van der Waals surface area contributed by atoms with Gasteiger partial charge in [-0.3, -0.25) is 14.9 Å². The SMILES string of the molecule is O=C1NC(=O)C(Nc2cccc(C(=O)O)c2)S1. The predicted molar refractivity (Wildman–Crippen MR) is 61.9 cm³/mol. The lowest BCUT2D eigenvalue weighted by Crippen LogP contribution is -2.29. The number of carboxylic acids is 1. The van der Waals surface area contributed by atoms with Crippen LogP contribution in [-0.2, 0) is 4.79 Å². The van der Waals surface area contributed by atoms with E-state index in [1.807, 2.05) is 0 Å². The molecule has 0 aliphatic carbocycles. The van der Waals surface area contributed by atoms with Crippen LogP contribution in [0.3, 0.4) is 0 Å². The van der Waals surface area contributed by atoms with Crippen molar-refractivity contribution < 1.29 is 19.5 Å². The van der Waals surface area contributed by atoms with Crippen LogP contribution in [0.15, 0.2) is 24.3 Å². The van der Waals surface area contributed by atoms with Crippen molar-refractivity contribution in [2.24, 2.45) is 0 Å². The Morgan fingerprint density at radius 2 is 2.18 bits per heavy atom. The predicted octanol–water partition coefficient (Wildman–Crippen LogP) is 1.11. The van der Waals surface area contributed by atoms with Gasteiger partial charge >= 0.3 is 5.97 Å². The average Bonchev–Trinajstić information content (AvgIpc) is 2.58. The summed E-state index contributed by atoms with van der Waals surface area (Å²) in [5.41, 5.74) is 0.594.